The number of nitrogens with zero attached hydrogens (tertiary/aromatic N) is 1. The zero-order valence-corrected chi connectivity index (χ0v) is 16.4. The summed E-state index contributed by atoms with van der Waals surface area (Å²) in [7, 11) is 0. The summed E-state index contributed by atoms with van der Waals surface area (Å²) >= 11 is 0. The Hall–Kier alpha value is -2.29. The lowest BCUT2D eigenvalue weighted by Crippen LogP contribution is -2.44. The van der Waals surface area contributed by atoms with Gasteiger partial charge in [0.2, 0.25) is 5.91 Å². The average molecular weight is 351 g/mol. The summed E-state index contributed by atoms with van der Waals surface area (Å²) in [6.07, 6.45) is 3.55. The van der Waals surface area contributed by atoms with Crippen LogP contribution < -0.4 is 10.2 Å². The molecule has 2 aromatic rings. The van der Waals surface area contributed by atoms with E-state index in [1.54, 1.807) is 0 Å². The minimum Gasteiger partial charge on any atom is -0.378 e. The normalized spacial score (nSPS) is 19.2. The maximum atomic E-state index is 12.9. The van der Waals surface area contributed by atoms with Crippen molar-refractivity contribution in [2.45, 2.75) is 65.5 Å². The lowest BCUT2D eigenvalue weighted by Gasteiger charge is -2.41. The van der Waals surface area contributed by atoms with Crippen molar-refractivity contribution in [2.75, 3.05) is 10.2 Å². The molecule has 0 bridgehead atoms. The summed E-state index contributed by atoms with van der Waals surface area (Å²) in [6.45, 7) is 8.55. The van der Waals surface area contributed by atoms with Crippen LogP contribution >= 0.6 is 0 Å². The number of hydrogen-bond donors (Lipinski definition) is 1. The van der Waals surface area contributed by atoms with Gasteiger partial charge in [0.1, 0.15) is 0 Å². The first-order valence-corrected chi connectivity index (χ1v) is 9.76. The van der Waals surface area contributed by atoms with Crippen LogP contribution in [0.15, 0.2) is 42.5 Å². The molecular formula is C23H30N2O. The van der Waals surface area contributed by atoms with Gasteiger partial charge in [-0.25, -0.2) is 0 Å². The first-order chi connectivity index (χ1) is 12.5. The Morgan fingerprint density at radius 1 is 1.12 bits per heavy atom. The van der Waals surface area contributed by atoms with E-state index in [0.717, 1.165) is 24.9 Å². The predicted octanol–water partition coefficient (Wildman–Crippen LogP) is 5.77. The molecule has 1 heterocycles. The lowest BCUT2D eigenvalue weighted by molar-refractivity contribution is -0.119. The van der Waals surface area contributed by atoms with Crippen LogP contribution in [-0.4, -0.2) is 11.9 Å². The molecular weight excluding hydrogens is 320 g/mol. The number of para-hydroxylation sites is 2. The summed E-state index contributed by atoms with van der Waals surface area (Å²) in [6, 6.07) is 15.2. The van der Waals surface area contributed by atoms with E-state index in [4.69, 9.17) is 0 Å². The van der Waals surface area contributed by atoms with Gasteiger partial charge in [-0.2, -0.15) is 0 Å². The first-order valence-electron chi connectivity index (χ1n) is 9.76. The molecule has 1 amide bonds. The molecule has 0 radical (unpaired) electrons. The third-order valence-corrected chi connectivity index (χ3v) is 5.39. The molecule has 1 aliphatic heterocycles. The fourth-order valence-corrected chi connectivity index (χ4v) is 3.96. The second kappa shape index (κ2) is 7.94. The molecule has 1 N–H and O–H groups in total. The first kappa shape index (κ1) is 18.5. The van der Waals surface area contributed by atoms with Gasteiger partial charge in [0.15, 0.2) is 0 Å². The van der Waals surface area contributed by atoms with Gasteiger partial charge in [-0.05, 0) is 56.4 Å². The third kappa shape index (κ3) is 3.62. The van der Waals surface area contributed by atoms with E-state index in [1.807, 2.05) is 0 Å². The van der Waals surface area contributed by atoms with Crippen LogP contribution in [-0.2, 0) is 4.79 Å². The van der Waals surface area contributed by atoms with Crippen LogP contribution in [0, 0.1) is 13.8 Å². The van der Waals surface area contributed by atoms with Crippen LogP contribution in [0.3, 0.4) is 0 Å². The molecule has 0 spiro atoms. The Balaban J connectivity index is 1.97. The minimum atomic E-state index is 0.189. The Kier molecular flexibility index (Phi) is 5.65. The van der Waals surface area contributed by atoms with Gasteiger partial charge < -0.3 is 10.2 Å². The van der Waals surface area contributed by atoms with Gasteiger partial charge in [0.25, 0.3) is 0 Å². The smallest absolute Gasteiger partial charge is 0.227 e. The summed E-state index contributed by atoms with van der Waals surface area (Å²) in [4.78, 5) is 15.0. The molecule has 3 rings (SSSR count). The predicted molar refractivity (Wildman–Crippen MR) is 110 cm³/mol. The molecule has 2 atom stereocenters. The number of aryl methyl sites for hydroxylation is 2. The topological polar surface area (TPSA) is 32.3 Å². The van der Waals surface area contributed by atoms with Gasteiger partial charge in [0.05, 0.1) is 11.7 Å². The van der Waals surface area contributed by atoms with Crippen molar-refractivity contribution in [1.82, 2.24) is 0 Å². The summed E-state index contributed by atoms with van der Waals surface area (Å²) in [5, 5.41) is 3.73. The van der Waals surface area contributed by atoms with Gasteiger partial charge in [-0.3, -0.25) is 4.79 Å². The average Bonchev–Trinajstić information content (AvgIpc) is 2.62. The number of nitrogens with one attached hydrogen (secondary N) is 1. The molecule has 0 unspecified atom stereocenters. The standard InChI is InChI=1S/C23H30N2O/c1-5-6-14-22(26)25-18(4)15-21(19-12-9-11-17(3)23(19)25)24-20-13-8-7-10-16(20)2/h7-13,18,21,24H,5-6,14-15H2,1-4H3/t18-,21+/m0/s1. The Bertz CT molecular complexity index is 784. The van der Waals surface area contributed by atoms with E-state index in [-0.39, 0.29) is 18.0 Å². The van der Waals surface area contributed by atoms with Gasteiger partial charge >= 0.3 is 0 Å². The number of amides is 1. The van der Waals surface area contributed by atoms with Crippen molar-refractivity contribution in [2.24, 2.45) is 0 Å². The largest absolute Gasteiger partial charge is 0.378 e. The van der Waals surface area contributed by atoms with E-state index in [1.165, 1.54) is 22.4 Å². The SMILES string of the molecule is CCCCC(=O)N1c2c(C)cccc2[C@H](Nc2ccccc2C)C[C@@H]1C. The number of fused-ring (bicyclic) bond motifs is 1. The van der Waals surface area contributed by atoms with Crippen LogP contribution in [0.1, 0.15) is 62.3 Å². The lowest BCUT2D eigenvalue weighted by atomic mass is 9.89. The number of carbonyl (C=O) groups is 1. The molecule has 138 valence electrons. The zero-order valence-electron chi connectivity index (χ0n) is 16.4. The highest BCUT2D eigenvalue weighted by Gasteiger charge is 2.34. The molecule has 0 aromatic heterocycles. The number of benzene rings is 2. The monoisotopic (exact) mass is 350 g/mol. The highest BCUT2D eigenvalue weighted by atomic mass is 16.2. The van der Waals surface area contributed by atoms with Crippen LogP contribution in [0.2, 0.25) is 0 Å². The summed E-state index contributed by atoms with van der Waals surface area (Å²) in [5.74, 6) is 0.254. The van der Waals surface area contributed by atoms with E-state index in [0.29, 0.717) is 6.42 Å². The Labute approximate surface area is 157 Å². The molecule has 0 aliphatic carbocycles. The van der Waals surface area contributed by atoms with Gasteiger partial charge in [-0.1, -0.05) is 49.7 Å². The molecule has 26 heavy (non-hydrogen) atoms. The van der Waals surface area contributed by atoms with E-state index >= 15 is 0 Å². The van der Waals surface area contributed by atoms with Crippen molar-refractivity contribution >= 4 is 17.3 Å². The quantitative estimate of drug-likeness (QED) is 0.742. The van der Waals surface area contributed by atoms with E-state index < -0.39 is 0 Å². The van der Waals surface area contributed by atoms with Crippen molar-refractivity contribution < 1.29 is 4.79 Å². The molecule has 0 saturated carbocycles. The van der Waals surface area contributed by atoms with Crippen molar-refractivity contribution in [3.8, 4) is 0 Å². The summed E-state index contributed by atoms with van der Waals surface area (Å²) in [5.41, 5.74) is 5.93. The number of rotatable bonds is 5. The van der Waals surface area contributed by atoms with E-state index in [2.05, 4.69) is 80.4 Å². The summed E-state index contributed by atoms with van der Waals surface area (Å²) < 4.78 is 0. The van der Waals surface area contributed by atoms with Crippen LogP contribution in [0.4, 0.5) is 11.4 Å². The minimum absolute atomic E-state index is 0.189. The van der Waals surface area contributed by atoms with Gasteiger partial charge in [0, 0.05) is 18.2 Å². The zero-order chi connectivity index (χ0) is 18.7. The van der Waals surface area contributed by atoms with Crippen molar-refractivity contribution in [1.29, 1.82) is 0 Å². The van der Waals surface area contributed by atoms with Crippen molar-refractivity contribution in [3.63, 3.8) is 0 Å². The van der Waals surface area contributed by atoms with Gasteiger partial charge in [-0.15, -0.1) is 0 Å². The number of hydrogen-bond acceptors (Lipinski definition) is 2. The molecule has 3 nitrogen and oxygen atoms in total. The van der Waals surface area contributed by atoms with Crippen LogP contribution in [0.5, 0.6) is 0 Å². The fraction of sp³-hybridized carbons (Fsp3) is 0.435. The second-order valence-corrected chi connectivity index (χ2v) is 7.48. The fourth-order valence-electron chi connectivity index (χ4n) is 3.96. The Morgan fingerprint density at radius 2 is 1.85 bits per heavy atom. The highest BCUT2D eigenvalue weighted by Crippen LogP contribution is 2.41. The molecule has 1 aliphatic rings. The number of carbonyl (C=O) groups excluding carboxylic acids is 1. The molecule has 2 aromatic carbocycles. The maximum absolute atomic E-state index is 12.9. The van der Waals surface area contributed by atoms with E-state index in [9.17, 15) is 4.79 Å². The number of anilines is 2. The number of unbranched alkanes of at least 4 members (excludes halogenated alkanes) is 1. The third-order valence-electron chi connectivity index (χ3n) is 5.39. The molecule has 3 heteroatoms. The maximum Gasteiger partial charge on any atom is 0.227 e. The molecule has 0 saturated heterocycles. The van der Waals surface area contributed by atoms with Crippen LogP contribution in [0.25, 0.3) is 0 Å². The van der Waals surface area contributed by atoms with Crippen molar-refractivity contribution in [3.05, 3.63) is 59.2 Å². The Morgan fingerprint density at radius 3 is 2.58 bits per heavy atom. The molecule has 0 fully saturated rings. The second-order valence-electron chi connectivity index (χ2n) is 7.48. The highest BCUT2D eigenvalue weighted by molar-refractivity contribution is 5.96.